The van der Waals surface area contributed by atoms with Crippen LogP contribution in [-0.4, -0.2) is 44.6 Å². The molecule has 132 valence electrons. The second-order valence-electron chi connectivity index (χ2n) is 6.67. The van der Waals surface area contributed by atoms with Gasteiger partial charge in [-0.3, -0.25) is 4.79 Å². The van der Waals surface area contributed by atoms with Crippen LogP contribution >= 0.6 is 0 Å². The first-order chi connectivity index (χ1) is 12.1. The molecule has 0 bridgehead atoms. The number of carboxylic acid groups (broad SMARTS) is 1. The zero-order valence-electron chi connectivity index (χ0n) is 13.6. The number of hydrogen-bond donors (Lipinski definition) is 1. The number of hydrogen-bond acceptors (Lipinski definition) is 6. The molecular formula is C17H19N3O5. The van der Waals surface area contributed by atoms with Crippen molar-refractivity contribution in [3.63, 3.8) is 0 Å². The molecule has 1 aliphatic heterocycles. The molecule has 0 aromatic carbocycles. The van der Waals surface area contributed by atoms with E-state index in [1.807, 2.05) is 0 Å². The first-order valence-corrected chi connectivity index (χ1v) is 8.52. The third-order valence-corrected chi connectivity index (χ3v) is 5.23. The standard InChI is InChI=1S/C17H19N3O5/c21-14(20-9-10-3-1-4-11(10)15(20)17(22)23)7-6-13-18-16(19-25-13)12-5-2-8-24-12/h2,5,8,10-11,15H,1,3-4,6-7,9H2,(H,22,23). The summed E-state index contributed by atoms with van der Waals surface area (Å²) in [5.41, 5.74) is 0. The van der Waals surface area contributed by atoms with E-state index in [1.54, 1.807) is 12.1 Å². The van der Waals surface area contributed by atoms with E-state index in [0.29, 0.717) is 29.9 Å². The lowest BCUT2D eigenvalue weighted by atomic mass is 9.94. The van der Waals surface area contributed by atoms with Gasteiger partial charge in [0, 0.05) is 19.4 Å². The molecule has 4 rings (SSSR count). The minimum absolute atomic E-state index is 0.0930. The molecule has 25 heavy (non-hydrogen) atoms. The molecule has 0 radical (unpaired) electrons. The van der Waals surface area contributed by atoms with Crippen molar-refractivity contribution in [3.05, 3.63) is 24.3 Å². The van der Waals surface area contributed by atoms with Gasteiger partial charge in [-0.2, -0.15) is 4.98 Å². The highest BCUT2D eigenvalue weighted by molar-refractivity contribution is 5.84. The average Bonchev–Trinajstić information content (AvgIpc) is 3.35. The molecule has 1 aliphatic carbocycles. The molecule has 3 atom stereocenters. The fraction of sp³-hybridized carbons (Fsp3) is 0.529. The Morgan fingerprint density at radius 3 is 3.00 bits per heavy atom. The zero-order chi connectivity index (χ0) is 17.4. The summed E-state index contributed by atoms with van der Waals surface area (Å²) in [4.78, 5) is 29.9. The minimum atomic E-state index is -0.902. The Bertz CT molecular complexity index is 769. The van der Waals surface area contributed by atoms with Gasteiger partial charge in [0.05, 0.1) is 6.26 Å². The van der Waals surface area contributed by atoms with Gasteiger partial charge in [-0.25, -0.2) is 4.79 Å². The number of carboxylic acids is 1. The van der Waals surface area contributed by atoms with Crippen LogP contribution < -0.4 is 0 Å². The van der Waals surface area contributed by atoms with E-state index in [2.05, 4.69) is 10.1 Å². The third-order valence-electron chi connectivity index (χ3n) is 5.23. The van der Waals surface area contributed by atoms with E-state index in [-0.39, 0.29) is 24.7 Å². The molecule has 2 fully saturated rings. The van der Waals surface area contributed by atoms with Crippen LogP contribution in [0.4, 0.5) is 0 Å². The maximum atomic E-state index is 12.6. The van der Waals surface area contributed by atoms with Crippen LogP contribution in [0, 0.1) is 11.8 Å². The number of aryl methyl sites for hydroxylation is 1. The number of carbonyl (C=O) groups excluding carboxylic acids is 1. The van der Waals surface area contributed by atoms with Gasteiger partial charge in [0.1, 0.15) is 6.04 Å². The second-order valence-corrected chi connectivity index (χ2v) is 6.67. The average molecular weight is 345 g/mol. The van der Waals surface area contributed by atoms with Crippen LogP contribution in [0.15, 0.2) is 27.3 Å². The second kappa shape index (κ2) is 6.34. The van der Waals surface area contributed by atoms with E-state index in [4.69, 9.17) is 8.94 Å². The normalized spacial score (nSPS) is 25.3. The van der Waals surface area contributed by atoms with E-state index in [1.165, 1.54) is 11.2 Å². The van der Waals surface area contributed by atoms with Crippen LogP contribution in [0.25, 0.3) is 11.6 Å². The molecule has 3 unspecified atom stereocenters. The number of aliphatic carboxylic acids is 1. The Balaban J connectivity index is 1.40. The maximum absolute atomic E-state index is 12.6. The topological polar surface area (TPSA) is 110 Å². The predicted octanol–water partition coefficient (Wildman–Crippen LogP) is 1.97. The van der Waals surface area contributed by atoms with Crippen molar-refractivity contribution in [2.24, 2.45) is 11.8 Å². The number of amides is 1. The molecule has 2 aromatic rings. The summed E-state index contributed by atoms with van der Waals surface area (Å²) < 4.78 is 10.3. The summed E-state index contributed by atoms with van der Waals surface area (Å²) in [5.74, 6) is 0.520. The lowest BCUT2D eigenvalue weighted by Crippen LogP contribution is -2.43. The van der Waals surface area contributed by atoms with Gasteiger partial charge in [0.2, 0.25) is 17.6 Å². The van der Waals surface area contributed by atoms with Crippen molar-refractivity contribution >= 4 is 11.9 Å². The molecule has 2 aliphatic rings. The Kier molecular flexibility index (Phi) is 4.03. The monoisotopic (exact) mass is 345 g/mol. The Morgan fingerprint density at radius 1 is 1.36 bits per heavy atom. The van der Waals surface area contributed by atoms with E-state index >= 15 is 0 Å². The van der Waals surface area contributed by atoms with Crippen molar-refractivity contribution < 1.29 is 23.6 Å². The molecule has 1 saturated heterocycles. The van der Waals surface area contributed by atoms with E-state index in [0.717, 1.165) is 19.3 Å². The third kappa shape index (κ3) is 2.92. The number of likely N-dealkylation sites (tertiary alicyclic amines) is 1. The van der Waals surface area contributed by atoms with Gasteiger partial charge in [-0.05, 0) is 36.8 Å². The quantitative estimate of drug-likeness (QED) is 0.882. The number of fused-ring (bicyclic) bond motifs is 1. The van der Waals surface area contributed by atoms with Crippen LogP contribution in [0.5, 0.6) is 0 Å². The van der Waals surface area contributed by atoms with E-state index in [9.17, 15) is 14.7 Å². The van der Waals surface area contributed by atoms with Gasteiger partial charge < -0.3 is 18.9 Å². The summed E-state index contributed by atoms with van der Waals surface area (Å²) in [6.07, 6.45) is 4.91. The highest BCUT2D eigenvalue weighted by atomic mass is 16.5. The van der Waals surface area contributed by atoms with Gasteiger partial charge in [0.15, 0.2) is 5.76 Å². The maximum Gasteiger partial charge on any atom is 0.326 e. The van der Waals surface area contributed by atoms with Crippen molar-refractivity contribution in [3.8, 4) is 11.6 Å². The molecule has 1 N–H and O–H groups in total. The smallest absolute Gasteiger partial charge is 0.326 e. The largest absolute Gasteiger partial charge is 0.480 e. The molecule has 0 spiro atoms. The van der Waals surface area contributed by atoms with Crippen LogP contribution in [-0.2, 0) is 16.0 Å². The number of rotatable bonds is 5. The molecule has 3 heterocycles. The first kappa shape index (κ1) is 15.9. The van der Waals surface area contributed by atoms with Gasteiger partial charge in [0.25, 0.3) is 0 Å². The van der Waals surface area contributed by atoms with Gasteiger partial charge >= 0.3 is 5.97 Å². The number of nitrogens with zero attached hydrogens (tertiary/aromatic N) is 3. The molecule has 8 nitrogen and oxygen atoms in total. The summed E-state index contributed by atoms with van der Waals surface area (Å²) in [5, 5.41) is 13.4. The van der Waals surface area contributed by atoms with Crippen LogP contribution in [0.2, 0.25) is 0 Å². The summed E-state index contributed by atoms with van der Waals surface area (Å²) in [7, 11) is 0. The molecule has 2 aromatic heterocycles. The highest BCUT2D eigenvalue weighted by Crippen LogP contribution is 2.42. The number of aromatic nitrogens is 2. The molecule has 1 saturated carbocycles. The Labute approximate surface area is 143 Å². The predicted molar refractivity (Wildman–Crippen MR) is 84.3 cm³/mol. The highest BCUT2D eigenvalue weighted by Gasteiger charge is 2.49. The molecular weight excluding hydrogens is 326 g/mol. The SMILES string of the molecule is O=C(O)C1C2CCCC2CN1C(=O)CCc1nc(-c2ccco2)no1. The van der Waals surface area contributed by atoms with Gasteiger partial charge in [-0.15, -0.1) is 0 Å². The van der Waals surface area contributed by atoms with Crippen molar-refractivity contribution in [1.82, 2.24) is 15.0 Å². The Morgan fingerprint density at radius 2 is 2.24 bits per heavy atom. The summed E-state index contributed by atoms with van der Waals surface area (Å²) >= 11 is 0. The van der Waals surface area contributed by atoms with Gasteiger partial charge in [-0.1, -0.05) is 11.6 Å². The number of furan rings is 1. The summed E-state index contributed by atoms with van der Waals surface area (Å²) in [6, 6.07) is 2.76. The fourth-order valence-corrected chi connectivity index (χ4v) is 4.10. The van der Waals surface area contributed by atoms with E-state index < -0.39 is 12.0 Å². The zero-order valence-corrected chi connectivity index (χ0v) is 13.6. The molecule has 8 heteroatoms. The van der Waals surface area contributed by atoms with Crippen molar-refractivity contribution in [2.45, 2.75) is 38.1 Å². The first-order valence-electron chi connectivity index (χ1n) is 8.52. The Hall–Kier alpha value is -2.64. The van der Waals surface area contributed by atoms with Crippen LogP contribution in [0.1, 0.15) is 31.6 Å². The minimum Gasteiger partial charge on any atom is -0.480 e. The lowest BCUT2D eigenvalue weighted by molar-refractivity contribution is -0.149. The van der Waals surface area contributed by atoms with Crippen molar-refractivity contribution in [1.29, 1.82) is 0 Å². The van der Waals surface area contributed by atoms with Crippen molar-refractivity contribution in [2.75, 3.05) is 6.54 Å². The number of carbonyl (C=O) groups is 2. The fourth-order valence-electron chi connectivity index (χ4n) is 4.10. The molecule has 1 amide bonds. The lowest BCUT2D eigenvalue weighted by Gasteiger charge is -2.24. The van der Waals surface area contributed by atoms with Crippen LogP contribution in [0.3, 0.4) is 0 Å². The summed E-state index contributed by atoms with van der Waals surface area (Å²) in [6.45, 7) is 0.544.